The highest BCUT2D eigenvalue weighted by atomic mass is 16.6. The van der Waals surface area contributed by atoms with Crippen LogP contribution in [0.15, 0.2) is 12.2 Å². The van der Waals surface area contributed by atoms with Gasteiger partial charge < -0.3 is 19.7 Å². The summed E-state index contributed by atoms with van der Waals surface area (Å²) in [7, 11) is 0. The van der Waals surface area contributed by atoms with Crippen molar-refractivity contribution < 1.29 is 34.1 Å². The minimum atomic E-state index is -0.968. The molecule has 9 atom stereocenters. The van der Waals surface area contributed by atoms with Gasteiger partial charge in [0.2, 0.25) is 0 Å². The third-order valence-electron chi connectivity index (χ3n) is 8.90. The number of fused-ring (bicyclic) bond motifs is 3. The first-order valence-corrected chi connectivity index (χ1v) is 11.2. The molecule has 0 saturated heterocycles. The van der Waals surface area contributed by atoms with E-state index in [0.717, 1.165) is 0 Å². The molecule has 2 N–H and O–H groups in total. The van der Waals surface area contributed by atoms with Gasteiger partial charge in [-0.1, -0.05) is 27.4 Å². The molecule has 7 nitrogen and oxygen atoms in total. The Bertz CT molecular complexity index is 847. The Morgan fingerprint density at radius 2 is 1.55 bits per heavy atom. The summed E-state index contributed by atoms with van der Waals surface area (Å²) in [5, 5.41) is 22.5. The molecule has 0 aromatic rings. The van der Waals surface area contributed by atoms with Crippen LogP contribution < -0.4 is 0 Å². The number of ether oxygens (including phenoxy) is 2. The Morgan fingerprint density at radius 3 is 2.13 bits per heavy atom. The summed E-state index contributed by atoms with van der Waals surface area (Å²) in [6.07, 6.45) is -1.40. The molecule has 4 aliphatic carbocycles. The smallest absolute Gasteiger partial charge is 0.302 e. The molecule has 2 bridgehead atoms. The van der Waals surface area contributed by atoms with Crippen LogP contribution >= 0.6 is 0 Å². The van der Waals surface area contributed by atoms with E-state index in [0.29, 0.717) is 24.8 Å². The summed E-state index contributed by atoms with van der Waals surface area (Å²) in [5.74, 6) is -1.75. The molecule has 31 heavy (non-hydrogen) atoms. The van der Waals surface area contributed by atoms with Crippen molar-refractivity contribution in [2.24, 2.45) is 34.0 Å². The minimum Gasteiger partial charge on any atom is -0.462 e. The molecule has 4 fully saturated rings. The van der Waals surface area contributed by atoms with Gasteiger partial charge in [-0.2, -0.15) is 0 Å². The normalized spacial score (nSPS) is 47.9. The van der Waals surface area contributed by atoms with Crippen LogP contribution in [-0.4, -0.2) is 52.4 Å². The fourth-order valence-corrected chi connectivity index (χ4v) is 8.35. The summed E-state index contributed by atoms with van der Waals surface area (Å²) < 4.78 is 11.3. The number of Topliss-reactive ketones (excluding diaryl/α,β-unsaturated/α-hetero) is 1. The number of hydrogen-bond acceptors (Lipinski definition) is 7. The summed E-state index contributed by atoms with van der Waals surface area (Å²) >= 11 is 0. The molecule has 4 aliphatic rings. The fraction of sp³-hybridized carbons (Fsp3) is 0.792. The number of carbonyl (C=O) groups is 3. The van der Waals surface area contributed by atoms with Gasteiger partial charge in [0.25, 0.3) is 0 Å². The van der Waals surface area contributed by atoms with Crippen LogP contribution in [0.2, 0.25) is 0 Å². The molecule has 1 spiro atoms. The lowest BCUT2D eigenvalue weighted by Crippen LogP contribution is -2.70. The Balaban J connectivity index is 1.89. The first-order chi connectivity index (χ1) is 14.3. The quantitative estimate of drug-likeness (QED) is 0.506. The zero-order valence-electron chi connectivity index (χ0n) is 19.0. The second kappa shape index (κ2) is 6.88. The lowest BCUT2D eigenvalue weighted by molar-refractivity contribution is -0.268. The second-order valence-electron chi connectivity index (χ2n) is 11.1. The standard InChI is InChI=1S/C24H34O7/c1-11-14-7-15(27)18-23(6)9-17(31-13(3)26)21(29)22(4,5)19(23)16(30-12(2)25)10-24(18,8-14)20(11)28/h14-19,21,27,29H,1,7-10H2,2-6H3/t14-,15+,16+,17+,18+,19-,21+,23+,24+/m1/s1. The van der Waals surface area contributed by atoms with Gasteiger partial charge in [-0.05, 0) is 42.6 Å². The summed E-state index contributed by atoms with van der Waals surface area (Å²) in [6.45, 7) is 12.5. The van der Waals surface area contributed by atoms with Crippen molar-refractivity contribution in [3.05, 3.63) is 12.2 Å². The van der Waals surface area contributed by atoms with Crippen LogP contribution in [0, 0.1) is 34.0 Å². The largest absolute Gasteiger partial charge is 0.462 e. The van der Waals surface area contributed by atoms with E-state index in [2.05, 4.69) is 6.58 Å². The predicted molar refractivity (Wildman–Crippen MR) is 111 cm³/mol. The van der Waals surface area contributed by atoms with E-state index >= 15 is 0 Å². The maximum atomic E-state index is 13.5. The van der Waals surface area contributed by atoms with Crippen LogP contribution in [0.1, 0.15) is 60.3 Å². The van der Waals surface area contributed by atoms with Crippen molar-refractivity contribution in [2.75, 3.05) is 0 Å². The molecule has 172 valence electrons. The van der Waals surface area contributed by atoms with Crippen molar-refractivity contribution in [3.63, 3.8) is 0 Å². The van der Waals surface area contributed by atoms with Crippen molar-refractivity contribution in [1.82, 2.24) is 0 Å². The predicted octanol–water partition coefficient (Wildman–Crippen LogP) is 2.18. The molecule has 7 heteroatoms. The summed E-state index contributed by atoms with van der Waals surface area (Å²) in [5.41, 5.74) is -1.79. The minimum absolute atomic E-state index is 0.0381. The zero-order chi connectivity index (χ0) is 23.1. The maximum Gasteiger partial charge on any atom is 0.302 e. The average molecular weight is 435 g/mol. The molecule has 4 saturated carbocycles. The van der Waals surface area contributed by atoms with E-state index < -0.39 is 58.5 Å². The van der Waals surface area contributed by atoms with Crippen LogP contribution in [0.25, 0.3) is 0 Å². The Hall–Kier alpha value is -1.73. The third kappa shape index (κ3) is 2.95. The van der Waals surface area contributed by atoms with Gasteiger partial charge in [0, 0.05) is 36.5 Å². The van der Waals surface area contributed by atoms with Crippen molar-refractivity contribution in [3.8, 4) is 0 Å². The molecular weight excluding hydrogens is 400 g/mol. The van der Waals surface area contributed by atoms with E-state index in [9.17, 15) is 24.6 Å². The Morgan fingerprint density at radius 1 is 0.968 bits per heavy atom. The molecule has 0 aromatic carbocycles. The summed E-state index contributed by atoms with van der Waals surface area (Å²) in [6, 6.07) is 0. The highest BCUT2D eigenvalue weighted by Gasteiger charge is 2.74. The van der Waals surface area contributed by atoms with Gasteiger partial charge >= 0.3 is 11.9 Å². The van der Waals surface area contributed by atoms with Crippen LogP contribution in [0.4, 0.5) is 0 Å². The number of aliphatic hydroxyl groups is 2. The number of allylic oxidation sites excluding steroid dienone is 1. The summed E-state index contributed by atoms with van der Waals surface area (Å²) in [4.78, 5) is 37.4. The molecule has 0 unspecified atom stereocenters. The highest BCUT2D eigenvalue weighted by Crippen LogP contribution is 2.71. The van der Waals surface area contributed by atoms with Crippen molar-refractivity contribution in [2.45, 2.75) is 84.7 Å². The highest BCUT2D eigenvalue weighted by molar-refractivity contribution is 6.03. The molecule has 0 radical (unpaired) electrons. The van der Waals surface area contributed by atoms with Gasteiger partial charge in [0.1, 0.15) is 12.2 Å². The first kappa shape index (κ1) is 22.5. The Labute approximate surface area is 183 Å². The number of aliphatic hydroxyl groups excluding tert-OH is 2. The van der Waals surface area contributed by atoms with E-state index in [1.54, 1.807) is 0 Å². The van der Waals surface area contributed by atoms with Gasteiger partial charge in [-0.15, -0.1) is 0 Å². The zero-order valence-corrected chi connectivity index (χ0v) is 19.0. The molecule has 0 aromatic heterocycles. The molecular formula is C24H34O7. The first-order valence-electron chi connectivity index (χ1n) is 11.2. The van der Waals surface area contributed by atoms with Crippen LogP contribution in [0.3, 0.4) is 0 Å². The van der Waals surface area contributed by atoms with Gasteiger partial charge in [-0.3, -0.25) is 14.4 Å². The van der Waals surface area contributed by atoms with E-state index in [1.807, 2.05) is 20.8 Å². The lowest BCUT2D eigenvalue weighted by atomic mass is 9.39. The SMILES string of the molecule is C=C1C(=O)[C@]23C[C@H]1C[C@H](O)[C@H]2[C@]1(C)C[C@H](OC(C)=O)[C@H](O)C(C)(C)[C@H]1[C@@H](OC(C)=O)C3. The van der Waals surface area contributed by atoms with Gasteiger partial charge in [0.05, 0.1) is 12.2 Å². The average Bonchev–Trinajstić information content (AvgIpc) is 2.79. The van der Waals surface area contributed by atoms with Gasteiger partial charge in [0.15, 0.2) is 5.78 Å². The number of rotatable bonds is 2. The van der Waals surface area contributed by atoms with Crippen LogP contribution in [0.5, 0.6) is 0 Å². The molecule has 4 rings (SSSR count). The number of ketones is 1. The number of esters is 2. The molecule has 0 heterocycles. The molecule has 0 aliphatic heterocycles. The van der Waals surface area contributed by atoms with Gasteiger partial charge in [-0.25, -0.2) is 0 Å². The lowest BCUT2D eigenvalue weighted by Gasteiger charge is -2.67. The molecule has 0 amide bonds. The third-order valence-corrected chi connectivity index (χ3v) is 8.90. The van der Waals surface area contributed by atoms with Crippen LogP contribution in [-0.2, 0) is 23.9 Å². The topological polar surface area (TPSA) is 110 Å². The van der Waals surface area contributed by atoms with E-state index in [4.69, 9.17) is 9.47 Å². The Kier molecular flexibility index (Phi) is 4.99. The second-order valence-corrected chi connectivity index (χ2v) is 11.1. The van der Waals surface area contributed by atoms with Crippen molar-refractivity contribution >= 4 is 17.7 Å². The maximum absolute atomic E-state index is 13.5. The monoisotopic (exact) mass is 434 g/mol. The van der Waals surface area contributed by atoms with E-state index in [1.165, 1.54) is 13.8 Å². The number of carbonyl (C=O) groups excluding carboxylic acids is 3. The fourth-order valence-electron chi connectivity index (χ4n) is 8.35. The van der Waals surface area contributed by atoms with E-state index in [-0.39, 0.29) is 24.0 Å². The van der Waals surface area contributed by atoms with Crippen molar-refractivity contribution in [1.29, 1.82) is 0 Å². The number of hydrogen-bond donors (Lipinski definition) is 2.